The smallest absolute Gasteiger partial charge is 0.284 e. The summed E-state index contributed by atoms with van der Waals surface area (Å²) >= 11 is 3.05. The van der Waals surface area contributed by atoms with Crippen LogP contribution in [0.3, 0.4) is 0 Å². The molecule has 7 heteroatoms. The molecule has 17 heavy (non-hydrogen) atoms. The molecule has 0 aliphatic rings. The number of halogens is 1. The van der Waals surface area contributed by atoms with E-state index in [9.17, 15) is 14.9 Å². The van der Waals surface area contributed by atoms with E-state index in [-0.39, 0.29) is 21.1 Å². The Bertz CT molecular complexity index is 730. The maximum absolute atomic E-state index is 11.8. The van der Waals surface area contributed by atoms with Gasteiger partial charge in [-0.25, -0.2) is 0 Å². The first kappa shape index (κ1) is 11.3. The van der Waals surface area contributed by atoms with Gasteiger partial charge in [0.1, 0.15) is 11.6 Å². The van der Waals surface area contributed by atoms with Gasteiger partial charge in [0.25, 0.3) is 5.69 Å². The standard InChI is InChI=1S/C10H4BrN3O3/c11-7-2-8-6(1-9(7)14(16)17)10(15)5(3-12)4-13-8/h1-2,4H,(H,13,15). The molecule has 0 bridgehead atoms. The van der Waals surface area contributed by atoms with Gasteiger partial charge in [0.2, 0.25) is 5.43 Å². The number of nitrogens with zero attached hydrogens (tertiary/aromatic N) is 2. The second kappa shape index (κ2) is 3.99. The zero-order valence-electron chi connectivity index (χ0n) is 8.23. The summed E-state index contributed by atoms with van der Waals surface area (Å²) in [5.41, 5.74) is -0.365. The number of nitrogens with one attached hydrogen (secondary N) is 1. The minimum Gasteiger partial charge on any atom is -0.360 e. The molecule has 0 aliphatic carbocycles. The Labute approximate surface area is 103 Å². The zero-order valence-corrected chi connectivity index (χ0v) is 9.82. The predicted molar refractivity (Wildman–Crippen MR) is 63.6 cm³/mol. The van der Waals surface area contributed by atoms with Crippen molar-refractivity contribution in [2.24, 2.45) is 0 Å². The van der Waals surface area contributed by atoms with Crippen LogP contribution >= 0.6 is 15.9 Å². The van der Waals surface area contributed by atoms with Gasteiger partial charge in [-0.1, -0.05) is 0 Å². The fraction of sp³-hybridized carbons (Fsp3) is 0. The van der Waals surface area contributed by atoms with Crippen molar-refractivity contribution in [2.75, 3.05) is 0 Å². The Morgan fingerprint density at radius 2 is 2.18 bits per heavy atom. The number of rotatable bonds is 1. The SMILES string of the molecule is N#Cc1c[nH]c2cc(Br)c([N+](=O)[O-])cc2c1=O. The normalized spacial score (nSPS) is 10.1. The first-order chi connectivity index (χ1) is 8.04. The summed E-state index contributed by atoms with van der Waals surface area (Å²) in [7, 11) is 0. The number of pyridine rings is 1. The average molecular weight is 294 g/mol. The Kier molecular flexibility index (Phi) is 2.65. The van der Waals surface area contributed by atoms with Gasteiger partial charge in [0.15, 0.2) is 0 Å². The lowest BCUT2D eigenvalue weighted by atomic mass is 10.1. The lowest BCUT2D eigenvalue weighted by Gasteiger charge is -2.00. The lowest BCUT2D eigenvalue weighted by molar-refractivity contribution is -0.385. The average Bonchev–Trinajstić information content (AvgIpc) is 2.28. The van der Waals surface area contributed by atoms with Crippen LogP contribution in [0.2, 0.25) is 0 Å². The van der Waals surface area contributed by atoms with Crippen LogP contribution in [0.25, 0.3) is 10.9 Å². The van der Waals surface area contributed by atoms with Crippen LogP contribution in [0.15, 0.2) is 27.6 Å². The molecular formula is C10H4BrN3O3. The number of H-pyrrole nitrogens is 1. The van der Waals surface area contributed by atoms with Crippen molar-refractivity contribution >= 4 is 32.5 Å². The fourth-order valence-corrected chi connectivity index (χ4v) is 1.94. The van der Waals surface area contributed by atoms with Crippen molar-refractivity contribution in [1.29, 1.82) is 5.26 Å². The molecule has 0 aliphatic heterocycles. The molecule has 0 atom stereocenters. The zero-order chi connectivity index (χ0) is 12.6. The topological polar surface area (TPSA) is 99.8 Å². The van der Waals surface area contributed by atoms with E-state index in [1.165, 1.54) is 12.3 Å². The summed E-state index contributed by atoms with van der Waals surface area (Å²) in [4.78, 5) is 24.6. The molecular weight excluding hydrogens is 290 g/mol. The minimum atomic E-state index is -0.595. The van der Waals surface area contributed by atoms with Crippen LogP contribution in [0.4, 0.5) is 5.69 Å². The molecule has 2 aromatic rings. The van der Waals surface area contributed by atoms with Crippen molar-refractivity contribution < 1.29 is 4.92 Å². The second-order valence-corrected chi connectivity index (χ2v) is 4.10. The molecule has 6 nitrogen and oxygen atoms in total. The van der Waals surface area contributed by atoms with Gasteiger partial charge >= 0.3 is 0 Å². The Morgan fingerprint density at radius 3 is 2.76 bits per heavy atom. The summed E-state index contributed by atoms with van der Waals surface area (Å²) in [5.74, 6) is 0. The van der Waals surface area contributed by atoms with E-state index >= 15 is 0 Å². The van der Waals surface area contributed by atoms with Crippen molar-refractivity contribution in [3.05, 3.63) is 48.7 Å². The highest BCUT2D eigenvalue weighted by Gasteiger charge is 2.15. The first-order valence-corrected chi connectivity index (χ1v) is 5.23. The van der Waals surface area contributed by atoms with Crippen LogP contribution in [-0.2, 0) is 0 Å². The van der Waals surface area contributed by atoms with Gasteiger partial charge in [0.05, 0.1) is 20.3 Å². The van der Waals surface area contributed by atoms with Crippen molar-refractivity contribution in [2.45, 2.75) is 0 Å². The van der Waals surface area contributed by atoms with Gasteiger partial charge in [-0.3, -0.25) is 14.9 Å². The molecule has 1 aromatic heterocycles. The van der Waals surface area contributed by atoms with Gasteiger partial charge < -0.3 is 4.98 Å². The third kappa shape index (κ3) is 1.79. The van der Waals surface area contributed by atoms with Crippen LogP contribution in [0, 0.1) is 21.4 Å². The highest BCUT2D eigenvalue weighted by molar-refractivity contribution is 9.10. The third-order valence-corrected chi connectivity index (χ3v) is 2.90. The van der Waals surface area contributed by atoms with E-state index in [4.69, 9.17) is 5.26 Å². The quantitative estimate of drug-likeness (QED) is 0.642. The minimum absolute atomic E-state index is 0.0749. The highest BCUT2D eigenvalue weighted by atomic mass is 79.9. The number of aromatic amines is 1. The summed E-state index contributed by atoms with van der Waals surface area (Å²) in [5, 5.41) is 19.6. The van der Waals surface area contributed by atoms with Crippen LogP contribution < -0.4 is 5.43 Å². The van der Waals surface area contributed by atoms with Crippen molar-refractivity contribution in [3.63, 3.8) is 0 Å². The summed E-state index contributed by atoms with van der Waals surface area (Å²) < 4.78 is 0.273. The third-order valence-electron chi connectivity index (χ3n) is 2.27. The molecule has 0 amide bonds. The van der Waals surface area contributed by atoms with Crippen molar-refractivity contribution in [3.8, 4) is 6.07 Å². The molecule has 1 aromatic carbocycles. The van der Waals surface area contributed by atoms with Crippen LogP contribution in [-0.4, -0.2) is 9.91 Å². The highest BCUT2D eigenvalue weighted by Crippen LogP contribution is 2.27. The van der Waals surface area contributed by atoms with E-state index in [2.05, 4.69) is 20.9 Å². The molecule has 0 fully saturated rings. The lowest BCUT2D eigenvalue weighted by Crippen LogP contribution is -2.07. The predicted octanol–water partition coefficient (Wildman–Crippen LogP) is 2.07. The van der Waals surface area contributed by atoms with Gasteiger partial charge in [-0.15, -0.1) is 0 Å². The van der Waals surface area contributed by atoms with Gasteiger partial charge in [-0.2, -0.15) is 5.26 Å². The van der Waals surface area contributed by atoms with Gasteiger partial charge in [-0.05, 0) is 22.0 Å². The summed E-state index contributed by atoms with van der Waals surface area (Å²) in [6.45, 7) is 0. The van der Waals surface area contributed by atoms with Crippen LogP contribution in [0.1, 0.15) is 5.56 Å². The molecule has 1 heterocycles. The molecule has 0 spiro atoms. The number of nitro benzene ring substituents is 1. The molecule has 2 rings (SSSR count). The van der Waals surface area contributed by atoms with Gasteiger partial charge in [0, 0.05) is 12.3 Å². The number of hydrogen-bond acceptors (Lipinski definition) is 4. The maximum Gasteiger partial charge on any atom is 0.284 e. The van der Waals surface area contributed by atoms with E-state index in [1.807, 2.05) is 0 Å². The molecule has 0 saturated heterocycles. The van der Waals surface area contributed by atoms with E-state index in [0.717, 1.165) is 6.07 Å². The molecule has 0 unspecified atom stereocenters. The number of benzene rings is 1. The maximum atomic E-state index is 11.8. The number of nitro groups is 1. The molecule has 0 saturated carbocycles. The second-order valence-electron chi connectivity index (χ2n) is 3.25. The first-order valence-electron chi connectivity index (χ1n) is 4.44. The van der Waals surface area contributed by atoms with E-state index < -0.39 is 10.4 Å². The number of nitriles is 1. The number of hydrogen-bond donors (Lipinski definition) is 1. The number of fused-ring (bicyclic) bond motifs is 1. The largest absolute Gasteiger partial charge is 0.360 e. The molecule has 1 N–H and O–H groups in total. The fourth-order valence-electron chi connectivity index (χ4n) is 1.45. The summed E-state index contributed by atoms with van der Waals surface area (Å²) in [6, 6.07) is 4.32. The van der Waals surface area contributed by atoms with Crippen LogP contribution in [0.5, 0.6) is 0 Å². The Balaban J connectivity index is 2.92. The van der Waals surface area contributed by atoms with E-state index in [0.29, 0.717) is 5.52 Å². The number of aromatic nitrogens is 1. The molecule has 0 radical (unpaired) electrons. The monoisotopic (exact) mass is 293 g/mol. The van der Waals surface area contributed by atoms with Crippen molar-refractivity contribution in [1.82, 2.24) is 4.98 Å². The Hall–Kier alpha value is -2.20. The van der Waals surface area contributed by atoms with E-state index in [1.54, 1.807) is 6.07 Å². The summed E-state index contributed by atoms with van der Waals surface area (Å²) in [6.07, 6.45) is 1.28. The molecule has 84 valence electrons. The Morgan fingerprint density at radius 1 is 1.47 bits per heavy atom.